The summed E-state index contributed by atoms with van der Waals surface area (Å²) in [5.41, 5.74) is 1.65. The first-order valence-electron chi connectivity index (χ1n) is 6.28. The minimum atomic E-state index is -0.355. The summed E-state index contributed by atoms with van der Waals surface area (Å²) in [5, 5.41) is 7.51. The van der Waals surface area contributed by atoms with Crippen molar-refractivity contribution in [1.29, 1.82) is 0 Å². The van der Waals surface area contributed by atoms with Crippen LogP contribution in [0.15, 0.2) is 30.6 Å². The van der Waals surface area contributed by atoms with Gasteiger partial charge in [-0.05, 0) is 32.0 Å². The fourth-order valence-electron chi connectivity index (χ4n) is 2.08. The molecule has 0 bridgehead atoms. The van der Waals surface area contributed by atoms with Crippen LogP contribution in [0.25, 0.3) is 0 Å². The fraction of sp³-hybridized carbons (Fsp3) is 0.357. The summed E-state index contributed by atoms with van der Waals surface area (Å²) in [7, 11) is 1.81. The topological polar surface area (TPSA) is 29.9 Å². The molecule has 0 aliphatic rings. The van der Waals surface area contributed by atoms with Crippen molar-refractivity contribution in [3.05, 3.63) is 52.6 Å². The maximum Gasteiger partial charge on any atom is 0.146 e. The Morgan fingerprint density at radius 2 is 2.26 bits per heavy atom. The number of halogens is 2. The smallest absolute Gasteiger partial charge is 0.146 e. The Morgan fingerprint density at radius 3 is 2.89 bits per heavy atom. The average molecular weight is 282 g/mol. The third-order valence-corrected chi connectivity index (χ3v) is 3.45. The molecule has 0 aliphatic heterocycles. The first-order chi connectivity index (χ1) is 9.15. The van der Waals surface area contributed by atoms with Gasteiger partial charge in [0.25, 0.3) is 0 Å². The van der Waals surface area contributed by atoms with Crippen molar-refractivity contribution < 1.29 is 4.39 Å². The van der Waals surface area contributed by atoms with Crippen LogP contribution in [-0.4, -0.2) is 16.8 Å². The van der Waals surface area contributed by atoms with Crippen molar-refractivity contribution in [3.8, 4) is 0 Å². The molecule has 1 aromatic heterocycles. The molecule has 5 heteroatoms. The van der Waals surface area contributed by atoms with Gasteiger partial charge < -0.3 is 5.32 Å². The Balaban J connectivity index is 2.22. The number of hydrogen-bond donors (Lipinski definition) is 1. The largest absolute Gasteiger partial charge is 0.313 e. The highest BCUT2D eigenvalue weighted by atomic mass is 35.5. The second-order valence-corrected chi connectivity index (χ2v) is 4.80. The van der Waals surface area contributed by atoms with Crippen LogP contribution in [0.4, 0.5) is 4.39 Å². The quantitative estimate of drug-likeness (QED) is 0.912. The van der Waals surface area contributed by atoms with Crippen molar-refractivity contribution in [3.63, 3.8) is 0 Å². The van der Waals surface area contributed by atoms with Crippen LogP contribution in [0, 0.1) is 5.82 Å². The molecule has 1 atom stereocenters. The molecule has 1 heterocycles. The molecule has 0 radical (unpaired) electrons. The van der Waals surface area contributed by atoms with Gasteiger partial charge >= 0.3 is 0 Å². The molecule has 1 aromatic carbocycles. The van der Waals surface area contributed by atoms with Crippen LogP contribution in [-0.2, 0) is 13.0 Å². The van der Waals surface area contributed by atoms with Crippen LogP contribution in [0.5, 0.6) is 0 Å². The molecular weight excluding hydrogens is 265 g/mol. The number of aromatic nitrogens is 2. The van der Waals surface area contributed by atoms with Crippen LogP contribution < -0.4 is 5.32 Å². The maximum atomic E-state index is 14.0. The van der Waals surface area contributed by atoms with E-state index in [0.717, 1.165) is 12.1 Å². The third kappa shape index (κ3) is 3.14. The van der Waals surface area contributed by atoms with Gasteiger partial charge in [0.05, 0.1) is 11.2 Å². The van der Waals surface area contributed by atoms with E-state index in [1.54, 1.807) is 18.2 Å². The number of rotatable bonds is 5. The highest BCUT2D eigenvalue weighted by molar-refractivity contribution is 6.30. The van der Waals surface area contributed by atoms with Gasteiger partial charge in [-0.3, -0.25) is 4.68 Å². The zero-order valence-electron chi connectivity index (χ0n) is 11.0. The molecule has 3 nitrogen and oxygen atoms in total. The number of likely N-dealkylation sites (N-methyl/N-ethyl adjacent to an activating group) is 1. The molecule has 0 aliphatic carbocycles. The lowest BCUT2D eigenvalue weighted by molar-refractivity contribution is 0.534. The Kier molecular flexibility index (Phi) is 4.56. The van der Waals surface area contributed by atoms with Gasteiger partial charge in [-0.25, -0.2) is 4.39 Å². The van der Waals surface area contributed by atoms with Gasteiger partial charge in [0, 0.05) is 24.3 Å². The SMILES string of the molecule is CCn1cc(CC(NC)c2cccc(Cl)c2F)cn1. The van der Waals surface area contributed by atoms with Crippen LogP contribution in [0.3, 0.4) is 0 Å². The van der Waals surface area contributed by atoms with Crippen LogP contribution in [0.2, 0.25) is 5.02 Å². The lowest BCUT2D eigenvalue weighted by Crippen LogP contribution is -2.20. The zero-order valence-corrected chi connectivity index (χ0v) is 11.8. The van der Waals surface area contributed by atoms with E-state index >= 15 is 0 Å². The molecule has 0 saturated heterocycles. The van der Waals surface area contributed by atoms with E-state index in [0.29, 0.717) is 12.0 Å². The number of benzene rings is 1. The number of aryl methyl sites for hydroxylation is 1. The predicted molar refractivity (Wildman–Crippen MR) is 74.8 cm³/mol. The second kappa shape index (κ2) is 6.17. The van der Waals surface area contributed by atoms with E-state index in [-0.39, 0.29) is 16.9 Å². The maximum absolute atomic E-state index is 14.0. The third-order valence-electron chi connectivity index (χ3n) is 3.16. The second-order valence-electron chi connectivity index (χ2n) is 4.39. The summed E-state index contributed by atoms with van der Waals surface area (Å²) >= 11 is 5.83. The Labute approximate surface area is 117 Å². The summed E-state index contributed by atoms with van der Waals surface area (Å²) in [6, 6.07) is 4.96. The van der Waals surface area contributed by atoms with Crippen LogP contribution in [0.1, 0.15) is 24.1 Å². The average Bonchev–Trinajstić information content (AvgIpc) is 2.87. The van der Waals surface area contributed by atoms with Gasteiger partial charge in [-0.2, -0.15) is 5.10 Å². The number of nitrogens with one attached hydrogen (secondary N) is 1. The minimum Gasteiger partial charge on any atom is -0.313 e. The highest BCUT2D eigenvalue weighted by Crippen LogP contribution is 2.25. The molecule has 2 aromatic rings. The van der Waals surface area contributed by atoms with Crippen molar-refractivity contribution in [2.75, 3.05) is 7.05 Å². The summed E-state index contributed by atoms with van der Waals surface area (Å²) < 4.78 is 15.9. The summed E-state index contributed by atoms with van der Waals surface area (Å²) in [6.07, 6.45) is 4.47. The van der Waals surface area contributed by atoms with E-state index < -0.39 is 0 Å². The molecule has 0 spiro atoms. The normalized spacial score (nSPS) is 12.6. The molecule has 0 fully saturated rings. The van der Waals surface area contributed by atoms with Gasteiger partial charge in [0.15, 0.2) is 0 Å². The van der Waals surface area contributed by atoms with E-state index in [4.69, 9.17) is 11.6 Å². The monoisotopic (exact) mass is 281 g/mol. The predicted octanol–water partition coefficient (Wildman–Crippen LogP) is 3.20. The molecule has 0 amide bonds. The molecule has 102 valence electrons. The zero-order chi connectivity index (χ0) is 13.8. The Hall–Kier alpha value is -1.39. The first kappa shape index (κ1) is 14.0. The van der Waals surface area contributed by atoms with Crippen molar-refractivity contribution in [2.24, 2.45) is 0 Å². The fourth-order valence-corrected chi connectivity index (χ4v) is 2.26. The highest BCUT2D eigenvalue weighted by Gasteiger charge is 2.17. The van der Waals surface area contributed by atoms with Gasteiger partial charge in [0.1, 0.15) is 5.82 Å². The lowest BCUT2D eigenvalue weighted by atomic mass is 10.0. The van der Waals surface area contributed by atoms with Gasteiger partial charge in [-0.1, -0.05) is 23.7 Å². The van der Waals surface area contributed by atoms with Crippen molar-refractivity contribution in [1.82, 2.24) is 15.1 Å². The van der Waals surface area contributed by atoms with Gasteiger partial charge in [0.2, 0.25) is 0 Å². The molecule has 2 rings (SSSR count). The van der Waals surface area contributed by atoms with E-state index in [9.17, 15) is 4.39 Å². The van der Waals surface area contributed by atoms with Crippen molar-refractivity contribution in [2.45, 2.75) is 25.9 Å². The van der Waals surface area contributed by atoms with Gasteiger partial charge in [-0.15, -0.1) is 0 Å². The summed E-state index contributed by atoms with van der Waals surface area (Å²) in [6.45, 7) is 2.86. The van der Waals surface area contributed by atoms with E-state index in [1.165, 1.54) is 0 Å². The Bertz CT molecular complexity index is 553. The molecule has 0 saturated carbocycles. The molecule has 1 N–H and O–H groups in total. The summed E-state index contributed by atoms with van der Waals surface area (Å²) in [4.78, 5) is 0. The van der Waals surface area contributed by atoms with Crippen molar-refractivity contribution >= 4 is 11.6 Å². The lowest BCUT2D eigenvalue weighted by Gasteiger charge is -2.17. The molecule has 1 unspecified atom stereocenters. The van der Waals surface area contributed by atoms with E-state index in [2.05, 4.69) is 10.4 Å². The van der Waals surface area contributed by atoms with Crippen LogP contribution >= 0.6 is 11.6 Å². The molecule has 19 heavy (non-hydrogen) atoms. The first-order valence-corrected chi connectivity index (χ1v) is 6.66. The Morgan fingerprint density at radius 1 is 1.47 bits per heavy atom. The number of hydrogen-bond acceptors (Lipinski definition) is 2. The standard InChI is InChI=1S/C14H17ClFN3/c1-3-19-9-10(8-18-19)7-13(17-2)11-5-4-6-12(15)14(11)16/h4-6,8-9,13,17H,3,7H2,1-2H3. The molecular formula is C14H17ClFN3. The summed E-state index contributed by atoms with van der Waals surface area (Å²) in [5.74, 6) is -0.355. The minimum absolute atomic E-state index is 0.117. The van der Waals surface area contributed by atoms with E-state index in [1.807, 2.05) is 31.0 Å². The number of nitrogens with zero attached hydrogens (tertiary/aromatic N) is 2.